The van der Waals surface area contributed by atoms with Gasteiger partial charge in [-0.15, -0.1) is 0 Å². The lowest BCUT2D eigenvalue weighted by Gasteiger charge is -2.10. The number of nitrogens with one attached hydrogen (secondary N) is 2. The van der Waals surface area contributed by atoms with Crippen LogP contribution in [0.25, 0.3) is 0 Å². The minimum atomic E-state index is 0.889. The Kier molecular flexibility index (Phi) is 5.93. The predicted molar refractivity (Wildman–Crippen MR) is 79.9 cm³/mol. The molecule has 0 aliphatic carbocycles. The van der Waals surface area contributed by atoms with Crippen LogP contribution in [0, 0.1) is 0 Å². The fraction of sp³-hybridized carbons (Fsp3) is 0.250. The van der Waals surface area contributed by atoms with E-state index in [1.807, 2.05) is 60.7 Å². The minimum Gasteiger partial charge on any atom is -0.379 e. The zero-order valence-corrected chi connectivity index (χ0v) is 11.0. The molecule has 1 aliphatic heterocycles. The van der Waals surface area contributed by atoms with Crippen LogP contribution in [0.2, 0.25) is 0 Å². The summed E-state index contributed by atoms with van der Waals surface area (Å²) in [7, 11) is 0. The molecule has 0 radical (unpaired) electrons. The summed E-state index contributed by atoms with van der Waals surface area (Å²) in [5.74, 6) is 0. The summed E-state index contributed by atoms with van der Waals surface area (Å²) in [4.78, 5) is 0. The fourth-order valence-electron chi connectivity index (χ4n) is 1.73. The van der Waals surface area contributed by atoms with Crippen LogP contribution in [-0.4, -0.2) is 26.3 Å². The maximum atomic E-state index is 5.01. The molecule has 1 saturated heterocycles. The second-order valence-corrected chi connectivity index (χ2v) is 4.22. The van der Waals surface area contributed by atoms with Gasteiger partial charge in [0.1, 0.15) is 0 Å². The van der Waals surface area contributed by atoms with Gasteiger partial charge in [0, 0.05) is 24.5 Å². The number of hydrogen-bond acceptors (Lipinski definition) is 3. The number of para-hydroxylation sites is 2. The van der Waals surface area contributed by atoms with Crippen LogP contribution in [0.1, 0.15) is 0 Å². The van der Waals surface area contributed by atoms with Gasteiger partial charge >= 0.3 is 0 Å². The highest BCUT2D eigenvalue weighted by Gasteiger charge is 1.93. The molecule has 0 aromatic heterocycles. The van der Waals surface area contributed by atoms with Crippen molar-refractivity contribution in [3.8, 4) is 0 Å². The van der Waals surface area contributed by atoms with E-state index in [-0.39, 0.29) is 0 Å². The average Bonchev–Trinajstić information content (AvgIpc) is 2.52. The van der Waals surface area contributed by atoms with E-state index >= 15 is 0 Å². The Morgan fingerprint density at radius 2 is 1.21 bits per heavy atom. The number of ether oxygens (including phenoxy) is 1. The van der Waals surface area contributed by atoms with Gasteiger partial charge in [0.25, 0.3) is 0 Å². The second kappa shape index (κ2) is 8.29. The molecule has 2 aromatic rings. The predicted octanol–water partition coefficient (Wildman–Crippen LogP) is 3.04. The quantitative estimate of drug-likeness (QED) is 0.866. The van der Waals surface area contributed by atoms with E-state index in [9.17, 15) is 0 Å². The average molecular weight is 256 g/mol. The van der Waals surface area contributed by atoms with Gasteiger partial charge in [0.15, 0.2) is 0 Å². The lowest BCUT2D eigenvalue weighted by atomic mass is 10.3. The summed E-state index contributed by atoms with van der Waals surface area (Å²) < 4.78 is 5.01. The molecule has 0 spiro atoms. The number of anilines is 2. The van der Waals surface area contributed by atoms with Crippen LogP contribution < -0.4 is 10.6 Å². The van der Waals surface area contributed by atoms with Crippen molar-refractivity contribution in [3.63, 3.8) is 0 Å². The third-order valence-electron chi connectivity index (χ3n) is 2.68. The van der Waals surface area contributed by atoms with Crippen molar-refractivity contribution in [1.82, 2.24) is 5.32 Å². The molecular weight excluding hydrogens is 236 g/mol. The zero-order chi connectivity index (χ0) is 13.2. The van der Waals surface area contributed by atoms with Crippen molar-refractivity contribution in [3.05, 3.63) is 60.7 Å². The number of rotatable bonds is 2. The third kappa shape index (κ3) is 5.55. The highest BCUT2D eigenvalue weighted by Crippen LogP contribution is 2.14. The fourth-order valence-corrected chi connectivity index (χ4v) is 1.73. The molecule has 2 N–H and O–H groups in total. The van der Waals surface area contributed by atoms with Crippen molar-refractivity contribution in [2.24, 2.45) is 0 Å². The van der Waals surface area contributed by atoms with Crippen LogP contribution in [0.3, 0.4) is 0 Å². The number of benzene rings is 2. The van der Waals surface area contributed by atoms with E-state index in [0.29, 0.717) is 0 Å². The highest BCUT2D eigenvalue weighted by atomic mass is 16.5. The first kappa shape index (κ1) is 13.6. The van der Waals surface area contributed by atoms with Gasteiger partial charge in [0.05, 0.1) is 13.2 Å². The highest BCUT2D eigenvalue weighted by molar-refractivity contribution is 5.58. The summed E-state index contributed by atoms with van der Waals surface area (Å²) in [6, 6.07) is 20.3. The first-order chi connectivity index (χ1) is 9.45. The van der Waals surface area contributed by atoms with E-state index in [1.54, 1.807) is 0 Å². The van der Waals surface area contributed by atoms with E-state index in [4.69, 9.17) is 4.74 Å². The minimum absolute atomic E-state index is 0.889. The number of hydrogen-bond donors (Lipinski definition) is 2. The molecule has 1 fully saturated rings. The summed E-state index contributed by atoms with van der Waals surface area (Å²) in [5, 5.41) is 6.46. The Balaban J connectivity index is 0.000000186. The topological polar surface area (TPSA) is 33.3 Å². The molecule has 0 unspecified atom stereocenters. The van der Waals surface area contributed by atoms with Crippen LogP contribution in [0.4, 0.5) is 11.4 Å². The third-order valence-corrected chi connectivity index (χ3v) is 2.68. The van der Waals surface area contributed by atoms with Crippen molar-refractivity contribution in [2.75, 3.05) is 31.6 Å². The molecule has 1 aliphatic rings. The zero-order valence-electron chi connectivity index (χ0n) is 11.0. The lowest BCUT2D eigenvalue weighted by Crippen LogP contribution is -2.30. The van der Waals surface area contributed by atoms with Gasteiger partial charge in [-0.2, -0.15) is 0 Å². The molecule has 3 rings (SSSR count). The van der Waals surface area contributed by atoms with Crippen molar-refractivity contribution >= 4 is 11.4 Å². The number of morpholine rings is 1. The molecule has 0 saturated carbocycles. The standard InChI is InChI=1S/C12H11N.C4H9NO/c1-3-7-11(8-4-1)13-12-9-5-2-6-10-12;1-3-6-4-2-5-1/h1-10,13H;5H,1-4H2. The summed E-state index contributed by atoms with van der Waals surface area (Å²) in [6.45, 7) is 3.83. The molecule has 3 heteroatoms. The molecule has 3 nitrogen and oxygen atoms in total. The van der Waals surface area contributed by atoms with Gasteiger partial charge in [-0.05, 0) is 24.3 Å². The maximum Gasteiger partial charge on any atom is 0.0591 e. The van der Waals surface area contributed by atoms with E-state index in [1.165, 1.54) is 0 Å². The molecule has 1 heterocycles. The van der Waals surface area contributed by atoms with E-state index in [2.05, 4.69) is 10.6 Å². The lowest BCUT2D eigenvalue weighted by molar-refractivity contribution is 0.109. The van der Waals surface area contributed by atoms with Gasteiger partial charge in [-0.25, -0.2) is 0 Å². The van der Waals surface area contributed by atoms with E-state index < -0.39 is 0 Å². The summed E-state index contributed by atoms with van der Waals surface area (Å²) in [6.07, 6.45) is 0. The molecule has 0 amide bonds. The van der Waals surface area contributed by atoms with Crippen LogP contribution in [0.15, 0.2) is 60.7 Å². The largest absolute Gasteiger partial charge is 0.379 e. The molecule has 100 valence electrons. The van der Waals surface area contributed by atoms with Crippen molar-refractivity contribution in [2.45, 2.75) is 0 Å². The van der Waals surface area contributed by atoms with Gasteiger partial charge in [0.2, 0.25) is 0 Å². The molecule has 2 aromatic carbocycles. The van der Waals surface area contributed by atoms with Crippen molar-refractivity contribution < 1.29 is 4.74 Å². The Hall–Kier alpha value is -1.84. The second-order valence-electron chi connectivity index (χ2n) is 4.22. The molecule has 0 atom stereocenters. The smallest absolute Gasteiger partial charge is 0.0591 e. The summed E-state index contributed by atoms with van der Waals surface area (Å²) in [5.41, 5.74) is 2.24. The molecular formula is C16H20N2O. The van der Waals surface area contributed by atoms with Crippen LogP contribution in [-0.2, 0) is 4.74 Å². The van der Waals surface area contributed by atoms with Gasteiger partial charge in [-0.3, -0.25) is 0 Å². The Labute approximate surface area is 114 Å². The molecule has 0 bridgehead atoms. The SMILES string of the molecule is C1COCCN1.c1ccc(Nc2ccccc2)cc1. The normalized spacial score (nSPS) is 14.1. The van der Waals surface area contributed by atoms with Crippen LogP contribution in [0.5, 0.6) is 0 Å². The van der Waals surface area contributed by atoms with Crippen LogP contribution >= 0.6 is 0 Å². The summed E-state index contributed by atoms with van der Waals surface area (Å²) >= 11 is 0. The van der Waals surface area contributed by atoms with Gasteiger partial charge < -0.3 is 15.4 Å². The Bertz CT molecular complexity index is 392. The maximum absolute atomic E-state index is 5.01. The Morgan fingerprint density at radius 1 is 0.737 bits per heavy atom. The first-order valence-electron chi connectivity index (χ1n) is 6.61. The van der Waals surface area contributed by atoms with Crippen molar-refractivity contribution in [1.29, 1.82) is 0 Å². The Morgan fingerprint density at radius 3 is 1.53 bits per heavy atom. The van der Waals surface area contributed by atoms with E-state index in [0.717, 1.165) is 37.7 Å². The molecule has 19 heavy (non-hydrogen) atoms. The first-order valence-corrected chi connectivity index (χ1v) is 6.61. The monoisotopic (exact) mass is 256 g/mol. The van der Waals surface area contributed by atoms with Gasteiger partial charge in [-0.1, -0.05) is 36.4 Å².